The highest BCUT2D eigenvalue weighted by atomic mass is 16.6. The Hall–Kier alpha value is -1.12. The van der Waals surface area contributed by atoms with Crippen molar-refractivity contribution >= 4 is 11.8 Å². The van der Waals surface area contributed by atoms with E-state index in [-0.39, 0.29) is 23.6 Å². The van der Waals surface area contributed by atoms with Crippen molar-refractivity contribution in [3.63, 3.8) is 0 Å². The van der Waals surface area contributed by atoms with Crippen molar-refractivity contribution in [2.75, 3.05) is 0 Å². The van der Waals surface area contributed by atoms with Crippen LogP contribution in [0.5, 0.6) is 0 Å². The lowest BCUT2D eigenvalue weighted by Gasteiger charge is -2.51. The van der Waals surface area contributed by atoms with Crippen molar-refractivity contribution in [2.24, 2.45) is 22.7 Å². The van der Waals surface area contributed by atoms with Crippen LogP contribution in [0.3, 0.4) is 0 Å². The Morgan fingerprint density at radius 2 is 1.95 bits per heavy atom. The molecule has 0 spiro atoms. The van der Waals surface area contributed by atoms with E-state index in [0.717, 1.165) is 6.42 Å². The highest BCUT2D eigenvalue weighted by Gasteiger charge is 2.57. The maximum atomic E-state index is 12.7. The maximum Gasteiger partial charge on any atom is 0.309 e. The molecule has 4 atom stereocenters. The third-order valence-corrected chi connectivity index (χ3v) is 5.03. The third-order valence-electron chi connectivity index (χ3n) is 5.03. The lowest BCUT2D eigenvalue weighted by molar-refractivity contribution is -0.171. The number of allylic oxidation sites excluding steroid dienone is 2. The van der Waals surface area contributed by atoms with Crippen LogP contribution in [0.1, 0.15) is 54.4 Å². The number of rotatable bonds is 1. The predicted octanol–water partition coefficient (Wildman–Crippen LogP) is 3.53. The summed E-state index contributed by atoms with van der Waals surface area (Å²) in [5, 5.41) is 0. The van der Waals surface area contributed by atoms with Crippen LogP contribution in [-0.2, 0) is 14.3 Å². The molecular weight excluding hydrogens is 252 g/mol. The van der Waals surface area contributed by atoms with E-state index in [0.29, 0.717) is 6.42 Å². The standard InChI is InChI=1S/C17H26O3/c1-11-12(13(18)20-15(2,3)4)10-16(5)8-7-9-17(11,6)14(16)19/h7-8,11-12H,9-10H2,1-6H3/t11-,12+,16-,17+/m1/s1. The van der Waals surface area contributed by atoms with Crippen LogP contribution < -0.4 is 0 Å². The van der Waals surface area contributed by atoms with E-state index in [1.165, 1.54) is 0 Å². The molecule has 0 unspecified atom stereocenters. The molecule has 2 aliphatic carbocycles. The van der Waals surface area contributed by atoms with Gasteiger partial charge in [0.25, 0.3) is 0 Å². The van der Waals surface area contributed by atoms with Gasteiger partial charge in [0.2, 0.25) is 0 Å². The topological polar surface area (TPSA) is 43.4 Å². The van der Waals surface area contributed by atoms with Gasteiger partial charge in [0, 0.05) is 10.8 Å². The molecule has 2 bridgehead atoms. The van der Waals surface area contributed by atoms with Gasteiger partial charge in [-0.15, -0.1) is 0 Å². The Labute approximate surface area is 121 Å². The lowest BCUT2D eigenvalue weighted by atomic mass is 9.51. The number of esters is 1. The first-order chi connectivity index (χ1) is 9.00. The summed E-state index contributed by atoms with van der Waals surface area (Å²) in [6.07, 6.45) is 5.37. The van der Waals surface area contributed by atoms with Crippen molar-refractivity contribution in [1.82, 2.24) is 0 Å². The number of Topliss-reactive ketones (excluding diaryl/α,β-unsaturated/α-hetero) is 1. The molecule has 0 heterocycles. The van der Waals surface area contributed by atoms with Gasteiger partial charge in [-0.1, -0.05) is 26.0 Å². The molecule has 112 valence electrons. The largest absolute Gasteiger partial charge is 0.460 e. The van der Waals surface area contributed by atoms with Gasteiger partial charge in [0.1, 0.15) is 11.4 Å². The fourth-order valence-corrected chi connectivity index (χ4v) is 3.68. The van der Waals surface area contributed by atoms with E-state index in [1.54, 1.807) is 0 Å². The van der Waals surface area contributed by atoms with Crippen LogP contribution in [0.15, 0.2) is 12.2 Å². The van der Waals surface area contributed by atoms with Gasteiger partial charge in [0.15, 0.2) is 0 Å². The summed E-state index contributed by atoms with van der Waals surface area (Å²) < 4.78 is 5.56. The molecular formula is C17H26O3. The van der Waals surface area contributed by atoms with Crippen molar-refractivity contribution in [1.29, 1.82) is 0 Å². The summed E-state index contributed by atoms with van der Waals surface area (Å²) in [4.78, 5) is 25.2. The Morgan fingerprint density at radius 1 is 1.35 bits per heavy atom. The molecule has 3 nitrogen and oxygen atoms in total. The van der Waals surface area contributed by atoms with Crippen LogP contribution in [0.4, 0.5) is 0 Å². The van der Waals surface area contributed by atoms with Crippen LogP contribution in [0.25, 0.3) is 0 Å². The molecule has 1 fully saturated rings. The zero-order valence-corrected chi connectivity index (χ0v) is 13.4. The smallest absolute Gasteiger partial charge is 0.309 e. The van der Waals surface area contributed by atoms with Gasteiger partial charge >= 0.3 is 5.97 Å². The van der Waals surface area contributed by atoms with Crippen LogP contribution in [0.2, 0.25) is 0 Å². The van der Waals surface area contributed by atoms with Crippen LogP contribution in [0, 0.1) is 22.7 Å². The first-order valence-corrected chi connectivity index (χ1v) is 7.45. The Balaban J connectivity index is 2.32. The van der Waals surface area contributed by atoms with E-state index in [9.17, 15) is 9.59 Å². The van der Waals surface area contributed by atoms with E-state index >= 15 is 0 Å². The minimum atomic E-state index is -0.513. The van der Waals surface area contributed by atoms with Gasteiger partial charge in [0.05, 0.1) is 5.92 Å². The summed E-state index contributed by atoms with van der Waals surface area (Å²) >= 11 is 0. The minimum absolute atomic E-state index is 0.0166. The van der Waals surface area contributed by atoms with Crippen molar-refractivity contribution in [3.05, 3.63) is 12.2 Å². The van der Waals surface area contributed by atoms with E-state index in [2.05, 4.69) is 6.08 Å². The zero-order valence-electron chi connectivity index (χ0n) is 13.4. The Bertz CT molecular complexity index is 471. The van der Waals surface area contributed by atoms with E-state index < -0.39 is 16.4 Å². The first kappa shape index (κ1) is 15.3. The Morgan fingerprint density at radius 3 is 2.50 bits per heavy atom. The highest BCUT2D eigenvalue weighted by Crippen LogP contribution is 2.54. The normalized spacial score (nSPS) is 40.6. The second-order valence-corrected chi connectivity index (χ2v) is 7.90. The molecule has 20 heavy (non-hydrogen) atoms. The molecule has 0 aliphatic heterocycles. The maximum absolute atomic E-state index is 12.7. The van der Waals surface area contributed by atoms with Gasteiger partial charge in [-0.2, -0.15) is 0 Å². The number of ether oxygens (including phenoxy) is 1. The molecule has 0 amide bonds. The summed E-state index contributed by atoms with van der Waals surface area (Å²) in [5.74, 6) is -0.0696. The molecule has 0 N–H and O–H groups in total. The summed E-state index contributed by atoms with van der Waals surface area (Å²) in [7, 11) is 0. The average molecular weight is 278 g/mol. The fourth-order valence-electron chi connectivity index (χ4n) is 3.68. The zero-order chi connectivity index (χ0) is 15.3. The quantitative estimate of drug-likeness (QED) is 0.544. The third kappa shape index (κ3) is 2.32. The molecule has 1 saturated carbocycles. The average Bonchev–Trinajstić information content (AvgIpc) is 2.28. The van der Waals surface area contributed by atoms with Crippen LogP contribution in [-0.4, -0.2) is 17.4 Å². The first-order valence-electron chi connectivity index (χ1n) is 7.45. The number of ketones is 1. The minimum Gasteiger partial charge on any atom is -0.460 e. The van der Waals surface area contributed by atoms with Crippen molar-refractivity contribution in [3.8, 4) is 0 Å². The molecule has 0 aromatic rings. The second kappa shape index (κ2) is 4.44. The number of fused-ring (bicyclic) bond motifs is 2. The summed E-state index contributed by atoms with van der Waals surface area (Å²) in [6, 6.07) is 0. The lowest BCUT2D eigenvalue weighted by Crippen LogP contribution is -2.55. The van der Waals surface area contributed by atoms with E-state index in [4.69, 9.17) is 4.74 Å². The monoisotopic (exact) mass is 278 g/mol. The number of carbonyl (C=O) groups excluding carboxylic acids is 2. The summed E-state index contributed by atoms with van der Waals surface area (Å²) in [6.45, 7) is 11.6. The number of carbonyl (C=O) groups is 2. The van der Waals surface area contributed by atoms with Crippen LogP contribution >= 0.6 is 0 Å². The van der Waals surface area contributed by atoms with Gasteiger partial charge in [-0.05, 0) is 46.5 Å². The molecule has 0 aromatic heterocycles. The second-order valence-electron chi connectivity index (χ2n) is 7.90. The molecule has 0 radical (unpaired) electrons. The Kier molecular flexibility index (Phi) is 3.39. The number of hydrogen-bond acceptors (Lipinski definition) is 3. The molecule has 2 aliphatic rings. The van der Waals surface area contributed by atoms with Gasteiger partial charge < -0.3 is 4.74 Å². The van der Waals surface area contributed by atoms with Crippen molar-refractivity contribution < 1.29 is 14.3 Å². The molecule has 2 rings (SSSR count). The predicted molar refractivity (Wildman–Crippen MR) is 78.1 cm³/mol. The fraction of sp³-hybridized carbons (Fsp3) is 0.765. The molecule has 0 aromatic carbocycles. The SMILES string of the molecule is C[C@@H]1[C@@H](C(=O)OC(C)(C)C)C[C@@]2(C)C=CC[C@]1(C)C2=O. The van der Waals surface area contributed by atoms with Gasteiger partial charge in [-0.3, -0.25) is 9.59 Å². The van der Waals surface area contributed by atoms with E-state index in [1.807, 2.05) is 47.6 Å². The highest BCUT2D eigenvalue weighted by molar-refractivity contribution is 5.95. The van der Waals surface area contributed by atoms with Crippen molar-refractivity contribution in [2.45, 2.75) is 60.0 Å². The van der Waals surface area contributed by atoms with Gasteiger partial charge in [-0.25, -0.2) is 0 Å². The summed E-state index contributed by atoms with van der Waals surface area (Å²) in [5.41, 5.74) is -1.44. The molecule has 3 heteroatoms. The molecule has 0 saturated heterocycles. The number of hydrogen-bond donors (Lipinski definition) is 0.